The van der Waals surface area contributed by atoms with E-state index < -0.39 is 0 Å². The summed E-state index contributed by atoms with van der Waals surface area (Å²) < 4.78 is 0. The monoisotopic (exact) mass is 286 g/mol. The predicted octanol–water partition coefficient (Wildman–Crippen LogP) is 2.88. The second-order valence-corrected chi connectivity index (χ2v) is 7.41. The van der Waals surface area contributed by atoms with E-state index in [2.05, 4.69) is 93.2 Å². The Morgan fingerprint density at radius 2 is 1.00 bits per heavy atom. The molecule has 0 aromatic heterocycles. The molecule has 2 aromatic carbocycles. The van der Waals surface area contributed by atoms with Gasteiger partial charge in [-0.25, -0.2) is 0 Å². The molecule has 0 aliphatic rings. The van der Waals surface area contributed by atoms with Gasteiger partial charge in [-0.2, -0.15) is 0 Å². The van der Waals surface area contributed by atoms with E-state index in [4.69, 9.17) is 0 Å². The van der Waals surface area contributed by atoms with Crippen LogP contribution in [0.25, 0.3) is 0 Å². The number of benzene rings is 2. The van der Waals surface area contributed by atoms with Crippen LogP contribution in [0.5, 0.6) is 0 Å². The van der Waals surface area contributed by atoms with E-state index in [-0.39, 0.29) is 7.92 Å². The van der Waals surface area contributed by atoms with Crippen molar-refractivity contribution >= 4 is 29.9 Å². The molecule has 106 valence electrons. The fourth-order valence-electron chi connectivity index (χ4n) is 2.38. The topological polar surface area (TPSA) is 6.48 Å². The highest BCUT2D eigenvalue weighted by Gasteiger charge is 2.16. The Morgan fingerprint density at radius 1 is 0.650 bits per heavy atom. The summed E-state index contributed by atoms with van der Waals surface area (Å²) in [5.41, 5.74) is 2.63. The van der Waals surface area contributed by atoms with Gasteiger partial charge in [-0.05, 0) is 26.7 Å². The van der Waals surface area contributed by atoms with Crippen LogP contribution >= 0.6 is 7.92 Å². The van der Waals surface area contributed by atoms with Crippen LogP contribution in [0, 0.1) is 0 Å². The molecule has 0 spiro atoms. The first-order valence-electron chi connectivity index (χ1n) is 6.79. The molecule has 0 aliphatic heterocycles. The summed E-state index contributed by atoms with van der Waals surface area (Å²) in [5, 5.41) is 2.86. The molecule has 0 unspecified atom stereocenters. The molecular formula is C17H23N2P. The van der Waals surface area contributed by atoms with Crippen molar-refractivity contribution in [3.05, 3.63) is 48.5 Å². The quantitative estimate of drug-likeness (QED) is 0.797. The predicted molar refractivity (Wildman–Crippen MR) is 93.7 cm³/mol. The number of nitrogens with zero attached hydrogens (tertiary/aromatic N) is 2. The van der Waals surface area contributed by atoms with Gasteiger partial charge in [0.25, 0.3) is 0 Å². The van der Waals surface area contributed by atoms with Gasteiger partial charge in [-0.3, -0.25) is 0 Å². The summed E-state index contributed by atoms with van der Waals surface area (Å²) in [6.07, 6.45) is 0. The minimum Gasteiger partial charge on any atom is -0.377 e. The largest absolute Gasteiger partial charge is 0.377 e. The SMILES string of the molecule is CN(C)c1ccccc1P(C)c1ccccc1N(C)C. The number of rotatable bonds is 4. The second-order valence-electron chi connectivity index (χ2n) is 5.33. The van der Waals surface area contributed by atoms with Crippen LogP contribution in [0.4, 0.5) is 11.4 Å². The number of hydrogen-bond acceptors (Lipinski definition) is 2. The van der Waals surface area contributed by atoms with Crippen molar-refractivity contribution in [2.24, 2.45) is 0 Å². The molecule has 3 heteroatoms. The van der Waals surface area contributed by atoms with Crippen LogP contribution in [0.15, 0.2) is 48.5 Å². The maximum absolute atomic E-state index is 2.35. The third-order valence-corrected chi connectivity index (χ3v) is 5.65. The summed E-state index contributed by atoms with van der Waals surface area (Å²) in [4.78, 5) is 4.40. The number of anilines is 2. The molecule has 0 heterocycles. The molecule has 0 aliphatic carbocycles. The summed E-state index contributed by atoms with van der Waals surface area (Å²) in [6.45, 7) is 2.35. The van der Waals surface area contributed by atoms with Crippen LogP contribution in [0.3, 0.4) is 0 Å². The lowest BCUT2D eigenvalue weighted by Gasteiger charge is -2.25. The molecule has 0 fully saturated rings. The summed E-state index contributed by atoms with van der Waals surface area (Å²) in [7, 11) is 8.08. The standard InChI is InChI=1S/C17H23N2P/c1-18(2)14-10-6-8-12-16(14)20(5)17-13-9-7-11-15(17)19(3)4/h6-13H,1-5H3. The molecule has 0 amide bonds. The zero-order valence-corrected chi connectivity index (χ0v) is 13.9. The van der Waals surface area contributed by atoms with E-state index in [1.54, 1.807) is 0 Å². The highest BCUT2D eigenvalue weighted by atomic mass is 31.1. The minimum atomic E-state index is -0.361. The van der Waals surface area contributed by atoms with Crippen molar-refractivity contribution in [3.63, 3.8) is 0 Å². The van der Waals surface area contributed by atoms with Gasteiger partial charge in [0.05, 0.1) is 0 Å². The van der Waals surface area contributed by atoms with Crippen LogP contribution < -0.4 is 20.4 Å². The van der Waals surface area contributed by atoms with Crippen molar-refractivity contribution in [1.82, 2.24) is 0 Å². The average molecular weight is 286 g/mol. The lowest BCUT2D eigenvalue weighted by atomic mass is 10.3. The minimum absolute atomic E-state index is 0.361. The fourth-order valence-corrected chi connectivity index (χ4v) is 4.50. The zero-order valence-electron chi connectivity index (χ0n) is 13.0. The third-order valence-electron chi connectivity index (χ3n) is 3.45. The maximum atomic E-state index is 2.35. The first kappa shape index (κ1) is 14.9. The molecular weight excluding hydrogens is 263 g/mol. The van der Waals surface area contributed by atoms with Crippen LogP contribution in [-0.4, -0.2) is 34.9 Å². The first-order valence-corrected chi connectivity index (χ1v) is 8.57. The van der Waals surface area contributed by atoms with Crippen LogP contribution in [0.1, 0.15) is 0 Å². The molecule has 0 saturated heterocycles. The molecule has 2 rings (SSSR count). The highest BCUT2D eigenvalue weighted by molar-refractivity contribution is 7.72. The molecule has 2 nitrogen and oxygen atoms in total. The van der Waals surface area contributed by atoms with Gasteiger partial charge in [-0.15, -0.1) is 0 Å². The molecule has 2 aromatic rings. The molecule has 0 saturated carbocycles. The van der Waals surface area contributed by atoms with E-state index in [9.17, 15) is 0 Å². The van der Waals surface area contributed by atoms with Gasteiger partial charge in [0, 0.05) is 50.2 Å². The van der Waals surface area contributed by atoms with Crippen molar-refractivity contribution in [2.75, 3.05) is 44.7 Å². The molecule has 0 atom stereocenters. The fraction of sp³-hybridized carbons (Fsp3) is 0.294. The Balaban J connectivity index is 2.50. The van der Waals surface area contributed by atoms with Gasteiger partial charge in [0.2, 0.25) is 0 Å². The van der Waals surface area contributed by atoms with Gasteiger partial charge in [0.1, 0.15) is 0 Å². The van der Waals surface area contributed by atoms with E-state index in [0.717, 1.165) is 0 Å². The average Bonchev–Trinajstić information content (AvgIpc) is 2.46. The van der Waals surface area contributed by atoms with Crippen molar-refractivity contribution < 1.29 is 0 Å². The van der Waals surface area contributed by atoms with E-state index in [1.807, 2.05) is 0 Å². The van der Waals surface area contributed by atoms with Gasteiger partial charge >= 0.3 is 0 Å². The van der Waals surface area contributed by atoms with Crippen LogP contribution in [-0.2, 0) is 0 Å². The number of para-hydroxylation sites is 2. The molecule has 0 bridgehead atoms. The van der Waals surface area contributed by atoms with E-state index in [1.165, 1.54) is 22.0 Å². The summed E-state index contributed by atoms with van der Waals surface area (Å²) >= 11 is 0. The van der Waals surface area contributed by atoms with Crippen molar-refractivity contribution in [1.29, 1.82) is 0 Å². The van der Waals surface area contributed by atoms with Crippen molar-refractivity contribution in [3.8, 4) is 0 Å². The Morgan fingerprint density at radius 3 is 1.35 bits per heavy atom. The van der Waals surface area contributed by atoms with Crippen LogP contribution in [0.2, 0.25) is 0 Å². The molecule has 20 heavy (non-hydrogen) atoms. The smallest absolute Gasteiger partial charge is 0.0442 e. The van der Waals surface area contributed by atoms with Crippen molar-refractivity contribution in [2.45, 2.75) is 0 Å². The third kappa shape index (κ3) is 2.96. The lowest BCUT2D eigenvalue weighted by molar-refractivity contribution is 1.14. The molecule has 0 radical (unpaired) electrons. The van der Waals surface area contributed by atoms with Gasteiger partial charge in [0.15, 0.2) is 0 Å². The van der Waals surface area contributed by atoms with Gasteiger partial charge < -0.3 is 9.80 Å². The summed E-state index contributed by atoms with van der Waals surface area (Å²) in [5.74, 6) is 0. The highest BCUT2D eigenvalue weighted by Crippen LogP contribution is 2.36. The normalized spacial score (nSPS) is 10.7. The Hall–Kier alpha value is -1.53. The zero-order chi connectivity index (χ0) is 14.7. The van der Waals surface area contributed by atoms with E-state index >= 15 is 0 Å². The Bertz CT molecular complexity index is 527. The first-order chi connectivity index (χ1) is 9.52. The second kappa shape index (κ2) is 6.28. The molecule has 0 N–H and O–H groups in total. The number of hydrogen-bond donors (Lipinski definition) is 0. The Labute approximate surface area is 123 Å². The van der Waals surface area contributed by atoms with Gasteiger partial charge in [-0.1, -0.05) is 36.4 Å². The summed E-state index contributed by atoms with van der Waals surface area (Å²) in [6, 6.07) is 17.4. The lowest BCUT2D eigenvalue weighted by Crippen LogP contribution is -2.24. The van der Waals surface area contributed by atoms with E-state index in [0.29, 0.717) is 0 Å². The Kier molecular flexibility index (Phi) is 4.67. The maximum Gasteiger partial charge on any atom is 0.0442 e.